The number of nitrogens with two attached hydrogens (primary N) is 1. The van der Waals surface area contributed by atoms with Gasteiger partial charge >= 0.3 is 0 Å². The van der Waals surface area contributed by atoms with Crippen LogP contribution in [-0.4, -0.2) is 44.7 Å². The van der Waals surface area contributed by atoms with Crippen molar-refractivity contribution in [3.05, 3.63) is 12.7 Å². The first-order valence-electron chi connectivity index (χ1n) is 6.08. The minimum absolute atomic E-state index is 0.0886. The number of likely N-dealkylation sites (tertiary alicyclic amines) is 1. The number of carbonyl (C=O) groups is 1. The second kappa shape index (κ2) is 5.27. The van der Waals surface area contributed by atoms with Crippen molar-refractivity contribution in [1.82, 2.24) is 19.7 Å². The van der Waals surface area contributed by atoms with Crippen LogP contribution in [0.3, 0.4) is 0 Å². The van der Waals surface area contributed by atoms with Gasteiger partial charge in [0.25, 0.3) is 0 Å². The molecule has 1 saturated heterocycles. The molecule has 1 amide bonds. The molecule has 1 aromatic heterocycles. The van der Waals surface area contributed by atoms with Crippen molar-refractivity contribution in [2.75, 3.05) is 13.1 Å². The zero-order chi connectivity index (χ0) is 12.3. The molecule has 2 heterocycles. The Labute approximate surface area is 101 Å². The van der Waals surface area contributed by atoms with E-state index in [1.165, 1.54) is 6.33 Å². The second-order valence-electron chi connectivity index (χ2n) is 4.47. The molecular weight excluding hydrogens is 218 g/mol. The van der Waals surface area contributed by atoms with Gasteiger partial charge in [-0.15, -0.1) is 0 Å². The van der Waals surface area contributed by atoms with Crippen LogP contribution in [0.15, 0.2) is 12.7 Å². The van der Waals surface area contributed by atoms with E-state index in [9.17, 15) is 4.79 Å². The van der Waals surface area contributed by atoms with Gasteiger partial charge in [-0.3, -0.25) is 4.79 Å². The highest BCUT2D eigenvalue weighted by atomic mass is 16.2. The molecule has 1 aromatic rings. The van der Waals surface area contributed by atoms with Gasteiger partial charge in [0.1, 0.15) is 18.7 Å². The first kappa shape index (κ1) is 12.0. The van der Waals surface area contributed by atoms with Gasteiger partial charge in [0.2, 0.25) is 5.91 Å². The van der Waals surface area contributed by atoms with Crippen LogP contribution in [0.2, 0.25) is 0 Å². The predicted octanol–water partition coefficient (Wildman–Crippen LogP) is 0.179. The molecular formula is C11H19N5O. The molecule has 6 heteroatoms. The molecule has 0 bridgehead atoms. The molecule has 0 aromatic carbocycles. The summed E-state index contributed by atoms with van der Waals surface area (Å²) in [5, 5.41) is 4.01. The zero-order valence-corrected chi connectivity index (χ0v) is 10.1. The Morgan fingerprint density at radius 3 is 3.06 bits per heavy atom. The quantitative estimate of drug-likeness (QED) is 0.813. The van der Waals surface area contributed by atoms with E-state index in [0.717, 1.165) is 25.8 Å². The molecule has 17 heavy (non-hydrogen) atoms. The van der Waals surface area contributed by atoms with Crippen LogP contribution in [0.25, 0.3) is 0 Å². The van der Waals surface area contributed by atoms with Crippen LogP contribution >= 0.6 is 0 Å². The SMILES string of the molecule is CC(C(=O)N1CCCCC1CN)n1cncn1. The Hall–Kier alpha value is -1.43. The largest absolute Gasteiger partial charge is 0.337 e. The summed E-state index contributed by atoms with van der Waals surface area (Å²) < 4.78 is 1.59. The Bertz CT molecular complexity index is 364. The van der Waals surface area contributed by atoms with Crippen LogP contribution in [0.4, 0.5) is 0 Å². The molecule has 6 nitrogen and oxygen atoms in total. The first-order valence-corrected chi connectivity index (χ1v) is 6.08. The molecule has 1 aliphatic rings. The highest BCUT2D eigenvalue weighted by molar-refractivity contribution is 5.80. The molecule has 94 valence electrons. The summed E-state index contributed by atoms with van der Waals surface area (Å²) in [6.45, 7) is 3.19. The average molecular weight is 237 g/mol. The average Bonchev–Trinajstić information content (AvgIpc) is 2.90. The van der Waals surface area contributed by atoms with Crippen molar-refractivity contribution in [2.45, 2.75) is 38.3 Å². The standard InChI is InChI=1S/C11H19N5O/c1-9(16-8-13-7-14-16)11(17)15-5-3-2-4-10(15)6-12/h7-10H,2-6,12H2,1H3. The van der Waals surface area contributed by atoms with E-state index in [0.29, 0.717) is 6.54 Å². The van der Waals surface area contributed by atoms with Gasteiger partial charge in [-0.1, -0.05) is 0 Å². The third-order valence-electron chi connectivity index (χ3n) is 3.37. The molecule has 0 radical (unpaired) electrons. The summed E-state index contributed by atoms with van der Waals surface area (Å²) in [6.07, 6.45) is 6.24. The highest BCUT2D eigenvalue weighted by Gasteiger charge is 2.29. The molecule has 2 rings (SSSR count). The summed E-state index contributed by atoms with van der Waals surface area (Å²) in [6, 6.07) is -0.119. The highest BCUT2D eigenvalue weighted by Crippen LogP contribution is 2.19. The fraction of sp³-hybridized carbons (Fsp3) is 0.727. The molecule has 0 spiro atoms. The van der Waals surface area contributed by atoms with Crippen LogP contribution in [-0.2, 0) is 4.79 Å². The van der Waals surface area contributed by atoms with E-state index in [1.54, 1.807) is 11.0 Å². The van der Waals surface area contributed by atoms with Crippen molar-refractivity contribution >= 4 is 5.91 Å². The van der Waals surface area contributed by atoms with E-state index >= 15 is 0 Å². The third kappa shape index (κ3) is 2.46. The van der Waals surface area contributed by atoms with Gasteiger partial charge in [0, 0.05) is 19.1 Å². The molecule has 1 aliphatic heterocycles. The fourth-order valence-electron chi connectivity index (χ4n) is 2.31. The van der Waals surface area contributed by atoms with Gasteiger partial charge in [-0.2, -0.15) is 5.10 Å². The first-order chi connectivity index (χ1) is 8.24. The van der Waals surface area contributed by atoms with E-state index < -0.39 is 0 Å². The monoisotopic (exact) mass is 237 g/mol. The maximum atomic E-state index is 12.3. The topological polar surface area (TPSA) is 77.0 Å². The molecule has 0 aliphatic carbocycles. The van der Waals surface area contributed by atoms with Crippen molar-refractivity contribution in [3.8, 4) is 0 Å². The Morgan fingerprint density at radius 2 is 2.41 bits per heavy atom. The van der Waals surface area contributed by atoms with E-state index in [4.69, 9.17) is 5.73 Å². The maximum Gasteiger partial charge on any atom is 0.247 e. The Kier molecular flexibility index (Phi) is 3.73. The zero-order valence-electron chi connectivity index (χ0n) is 10.1. The number of hydrogen-bond acceptors (Lipinski definition) is 4. The minimum atomic E-state index is -0.301. The van der Waals surface area contributed by atoms with Crippen molar-refractivity contribution in [1.29, 1.82) is 0 Å². The van der Waals surface area contributed by atoms with Gasteiger partial charge in [-0.25, -0.2) is 9.67 Å². The number of rotatable bonds is 3. The summed E-state index contributed by atoms with van der Waals surface area (Å²) in [7, 11) is 0. The lowest BCUT2D eigenvalue weighted by Gasteiger charge is -2.36. The number of nitrogens with zero attached hydrogens (tertiary/aromatic N) is 4. The van der Waals surface area contributed by atoms with Crippen LogP contribution in [0.5, 0.6) is 0 Å². The van der Waals surface area contributed by atoms with Gasteiger partial charge in [-0.05, 0) is 26.2 Å². The fourth-order valence-corrected chi connectivity index (χ4v) is 2.31. The number of carbonyl (C=O) groups excluding carboxylic acids is 1. The van der Waals surface area contributed by atoms with E-state index in [1.807, 2.05) is 11.8 Å². The summed E-state index contributed by atoms with van der Waals surface area (Å²) in [5.74, 6) is 0.0886. The van der Waals surface area contributed by atoms with E-state index in [2.05, 4.69) is 10.1 Å². The molecule has 2 N–H and O–H groups in total. The summed E-state index contributed by atoms with van der Waals surface area (Å²) in [5.41, 5.74) is 5.72. The molecule has 2 unspecified atom stereocenters. The molecule has 2 atom stereocenters. The number of aromatic nitrogens is 3. The van der Waals surface area contributed by atoms with E-state index in [-0.39, 0.29) is 18.0 Å². The molecule has 1 fully saturated rings. The smallest absolute Gasteiger partial charge is 0.247 e. The lowest BCUT2D eigenvalue weighted by Crippen LogP contribution is -2.49. The van der Waals surface area contributed by atoms with Crippen molar-refractivity contribution in [3.63, 3.8) is 0 Å². The van der Waals surface area contributed by atoms with Crippen molar-refractivity contribution in [2.24, 2.45) is 5.73 Å². The summed E-state index contributed by atoms with van der Waals surface area (Å²) in [4.78, 5) is 18.1. The predicted molar refractivity (Wildman–Crippen MR) is 63.1 cm³/mol. The van der Waals surface area contributed by atoms with Gasteiger partial charge in [0.15, 0.2) is 0 Å². The minimum Gasteiger partial charge on any atom is -0.337 e. The number of amides is 1. The van der Waals surface area contributed by atoms with Gasteiger partial charge in [0.05, 0.1) is 0 Å². The van der Waals surface area contributed by atoms with Crippen molar-refractivity contribution < 1.29 is 4.79 Å². The lowest BCUT2D eigenvalue weighted by molar-refractivity contribution is -0.138. The normalized spacial score (nSPS) is 22.5. The van der Waals surface area contributed by atoms with Crippen LogP contribution in [0.1, 0.15) is 32.2 Å². The van der Waals surface area contributed by atoms with Gasteiger partial charge < -0.3 is 10.6 Å². The van der Waals surface area contributed by atoms with Crippen LogP contribution in [0, 0.1) is 0 Å². The Morgan fingerprint density at radius 1 is 1.59 bits per heavy atom. The third-order valence-corrected chi connectivity index (χ3v) is 3.37. The Balaban J connectivity index is 2.07. The maximum absolute atomic E-state index is 12.3. The molecule has 0 saturated carbocycles. The summed E-state index contributed by atoms with van der Waals surface area (Å²) >= 11 is 0. The van der Waals surface area contributed by atoms with Crippen LogP contribution < -0.4 is 5.73 Å². The lowest BCUT2D eigenvalue weighted by atomic mass is 10.0. The second-order valence-corrected chi connectivity index (χ2v) is 4.47. The number of hydrogen-bond donors (Lipinski definition) is 1. The number of piperidine rings is 1.